The lowest BCUT2D eigenvalue weighted by Crippen LogP contribution is -2.30. The van der Waals surface area contributed by atoms with Crippen molar-refractivity contribution in [3.63, 3.8) is 0 Å². The van der Waals surface area contributed by atoms with E-state index in [4.69, 9.17) is 44.9 Å². The molecule has 4 aromatic carbocycles. The van der Waals surface area contributed by atoms with Crippen LogP contribution in [-0.4, -0.2) is 79.2 Å². The first-order chi connectivity index (χ1) is 28.7. The second kappa shape index (κ2) is 20.6. The first-order valence-electron chi connectivity index (χ1n) is 16.7. The third-order valence-corrected chi connectivity index (χ3v) is 9.99. The van der Waals surface area contributed by atoms with Gasteiger partial charge in [-0.05, 0) is 78.3 Å². The van der Waals surface area contributed by atoms with Crippen molar-refractivity contribution < 1.29 is 62.7 Å². The largest absolute Gasteiger partial charge is 0.573 e. The molecule has 0 saturated heterocycles. The number of hydrogen-bond acceptors (Lipinski definition) is 14. The average Bonchev–Trinajstić information content (AvgIpc) is 3.15. The van der Waals surface area contributed by atoms with Crippen LogP contribution >= 0.6 is 34.8 Å². The predicted molar refractivity (Wildman–Crippen MR) is 220 cm³/mol. The summed E-state index contributed by atoms with van der Waals surface area (Å²) in [7, 11) is -8.32. The molecule has 0 aliphatic carbocycles. The third-order valence-electron chi connectivity index (χ3n) is 7.19. The Balaban J connectivity index is 0.000000222. The summed E-state index contributed by atoms with van der Waals surface area (Å²) in [5, 5.41) is 23.5. The summed E-state index contributed by atoms with van der Waals surface area (Å²) in [5.41, 5.74) is 1.91. The van der Waals surface area contributed by atoms with Crippen LogP contribution in [0.25, 0.3) is 11.3 Å². The van der Waals surface area contributed by atoms with Crippen LogP contribution in [0.2, 0.25) is 15.5 Å². The Kier molecular flexibility index (Phi) is 16.4. The van der Waals surface area contributed by atoms with Gasteiger partial charge in [-0.2, -0.15) is 0 Å². The number of rotatable bonds is 10. The lowest BCUT2D eigenvalue weighted by atomic mass is 9.80. The van der Waals surface area contributed by atoms with Gasteiger partial charge in [0.2, 0.25) is 11.9 Å². The molecule has 2 heterocycles. The second-order valence-corrected chi connectivity index (χ2v) is 17.3. The lowest BCUT2D eigenvalue weighted by molar-refractivity contribution is -0.275. The monoisotopic (exact) mass is 966 g/mol. The minimum absolute atomic E-state index is 0.0816. The standard InChI is InChI=1S/C18H13ClF3N3O3S.C11H6Cl2F3N3O.C7H9BO4S/c1-29(26,27)14-4-2-3-11(9-14)15-10-16(19)25-17(24-15)23-12-5-7-13(8-6-12)28-18(20,21)22;12-8-5-9(13)19-10(18-8)17-6-1-3-7(4-2-6)20-11(14,15)16;1-13(11,12)7-4-2-3-6(5-7)8(9)10/h2-10H,1H3,(H,23,24,25);1-5H,(H,17,18,19);2-5,9-10H,1H3. The number of hydrogen-bond donors (Lipinski definition) is 4. The zero-order chi connectivity index (χ0) is 46.0. The topological polar surface area (TPSA) is 203 Å². The molecule has 14 nitrogen and oxygen atoms in total. The van der Waals surface area contributed by atoms with E-state index < -0.39 is 39.5 Å². The van der Waals surface area contributed by atoms with Gasteiger partial charge >= 0.3 is 19.8 Å². The van der Waals surface area contributed by atoms with E-state index in [1.165, 1.54) is 72.8 Å². The van der Waals surface area contributed by atoms with Gasteiger partial charge in [0.25, 0.3) is 0 Å². The van der Waals surface area contributed by atoms with Gasteiger partial charge in [-0.15, -0.1) is 26.3 Å². The minimum Gasteiger partial charge on any atom is -0.423 e. The van der Waals surface area contributed by atoms with Gasteiger partial charge in [0, 0.05) is 41.6 Å². The highest BCUT2D eigenvalue weighted by molar-refractivity contribution is 7.91. The number of benzene rings is 4. The fraction of sp³-hybridized carbons (Fsp3) is 0.111. The molecule has 0 saturated carbocycles. The van der Waals surface area contributed by atoms with Crippen LogP contribution in [0.3, 0.4) is 0 Å². The van der Waals surface area contributed by atoms with Crippen molar-refractivity contribution in [2.75, 3.05) is 23.1 Å². The highest BCUT2D eigenvalue weighted by Gasteiger charge is 2.31. The van der Waals surface area contributed by atoms with Crippen LogP contribution in [0.15, 0.2) is 119 Å². The highest BCUT2D eigenvalue weighted by atomic mass is 35.5. The number of nitrogens with one attached hydrogen (secondary N) is 2. The quantitative estimate of drug-likeness (QED) is 0.0584. The molecule has 0 radical (unpaired) electrons. The summed E-state index contributed by atoms with van der Waals surface area (Å²) >= 11 is 17.4. The van der Waals surface area contributed by atoms with E-state index in [9.17, 15) is 43.2 Å². The van der Waals surface area contributed by atoms with Crippen molar-refractivity contribution in [1.29, 1.82) is 0 Å². The Morgan fingerprint density at radius 2 is 0.968 bits per heavy atom. The summed E-state index contributed by atoms with van der Waals surface area (Å²) in [6.07, 6.45) is -7.34. The maximum absolute atomic E-state index is 12.2. The van der Waals surface area contributed by atoms with Gasteiger partial charge in [0.05, 0.1) is 15.5 Å². The molecule has 2 aromatic heterocycles. The van der Waals surface area contributed by atoms with E-state index in [2.05, 4.69) is 40.0 Å². The Labute approximate surface area is 364 Å². The molecule has 4 N–H and O–H groups in total. The summed E-state index contributed by atoms with van der Waals surface area (Å²) in [4.78, 5) is 16.2. The SMILES string of the molecule is CS(=O)(=O)c1cccc(-c2cc(Cl)nc(Nc3ccc(OC(F)(F)F)cc3)n2)c1.CS(=O)(=O)c1cccc(B(O)O)c1.FC(F)(F)Oc1ccc(Nc2nc(Cl)cc(Cl)n2)cc1. The summed E-state index contributed by atoms with van der Waals surface area (Å²) in [6, 6.07) is 24.6. The van der Waals surface area contributed by atoms with Gasteiger partial charge in [-0.3, -0.25) is 0 Å². The predicted octanol–water partition coefficient (Wildman–Crippen LogP) is 8.04. The van der Waals surface area contributed by atoms with Crippen LogP contribution < -0.4 is 25.6 Å². The first-order valence-corrected chi connectivity index (χ1v) is 21.6. The molecule has 0 fully saturated rings. The van der Waals surface area contributed by atoms with Crippen LogP contribution in [0, 0.1) is 0 Å². The molecule has 0 unspecified atom stereocenters. The maximum Gasteiger partial charge on any atom is 0.573 e. The van der Waals surface area contributed by atoms with E-state index in [1.807, 2.05) is 0 Å². The van der Waals surface area contributed by atoms with Gasteiger partial charge in [-0.25, -0.2) is 36.8 Å². The molecule has 62 heavy (non-hydrogen) atoms. The van der Waals surface area contributed by atoms with Crippen molar-refractivity contribution in [1.82, 2.24) is 19.9 Å². The summed E-state index contributed by atoms with van der Waals surface area (Å²) in [6.45, 7) is 0. The molecule has 0 atom stereocenters. The van der Waals surface area contributed by atoms with Crippen LogP contribution in [-0.2, 0) is 19.7 Å². The van der Waals surface area contributed by atoms with Gasteiger partial charge in [-0.1, -0.05) is 59.1 Å². The van der Waals surface area contributed by atoms with Gasteiger partial charge < -0.3 is 30.2 Å². The van der Waals surface area contributed by atoms with Crippen molar-refractivity contribution in [2.45, 2.75) is 22.5 Å². The van der Waals surface area contributed by atoms with Crippen LogP contribution in [0.1, 0.15) is 0 Å². The highest BCUT2D eigenvalue weighted by Crippen LogP contribution is 2.28. The summed E-state index contributed by atoms with van der Waals surface area (Å²) in [5.74, 6) is -0.477. The molecule has 0 aliphatic rings. The number of ether oxygens (including phenoxy) is 2. The first kappa shape index (κ1) is 49.2. The van der Waals surface area contributed by atoms with Crippen LogP contribution in [0.4, 0.5) is 49.6 Å². The Bertz CT molecular complexity index is 2690. The smallest absolute Gasteiger partial charge is 0.423 e. The Hall–Kier alpha value is -5.43. The molecular formula is C36H28BCl3F6N6O8S2. The van der Waals surface area contributed by atoms with E-state index in [1.54, 1.807) is 12.1 Å². The van der Waals surface area contributed by atoms with Crippen LogP contribution in [0.5, 0.6) is 11.5 Å². The zero-order valence-electron chi connectivity index (χ0n) is 31.3. The average molecular weight is 968 g/mol. The van der Waals surface area contributed by atoms with Crippen molar-refractivity contribution in [3.8, 4) is 22.8 Å². The van der Waals surface area contributed by atoms with Gasteiger partial charge in [0.15, 0.2) is 19.7 Å². The van der Waals surface area contributed by atoms with Crippen molar-refractivity contribution in [3.05, 3.63) is 125 Å². The maximum atomic E-state index is 12.2. The molecule has 26 heteroatoms. The molecule has 328 valence electrons. The Morgan fingerprint density at radius 1 is 0.565 bits per heavy atom. The van der Waals surface area contributed by atoms with E-state index in [0.29, 0.717) is 22.6 Å². The second-order valence-electron chi connectivity index (χ2n) is 12.1. The number of nitrogens with zero attached hydrogens (tertiary/aromatic N) is 4. The third kappa shape index (κ3) is 16.8. The van der Waals surface area contributed by atoms with Crippen molar-refractivity contribution >= 4 is 90.3 Å². The number of alkyl halides is 6. The number of halogens is 9. The number of anilines is 4. The normalized spacial score (nSPS) is 11.6. The number of sulfone groups is 2. The Morgan fingerprint density at radius 3 is 1.39 bits per heavy atom. The van der Waals surface area contributed by atoms with Crippen molar-refractivity contribution in [2.24, 2.45) is 0 Å². The van der Waals surface area contributed by atoms with E-state index in [0.717, 1.165) is 36.8 Å². The molecule has 0 spiro atoms. The molecule has 6 aromatic rings. The fourth-order valence-electron chi connectivity index (χ4n) is 4.60. The van der Waals surface area contributed by atoms with E-state index in [-0.39, 0.29) is 54.1 Å². The zero-order valence-corrected chi connectivity index (χ0v) is 35.2. The fourth-order valence-corrected chi connectivity index (χ4v) is 6.55. The molecule has 0 aliphatic heterocycles. The molecule has 0 bridgehead atoms. The number of aromatic nitrogens is 4. The molecular weight excluding hydrogens is 940 g/mol. The molecule has 0 amide bonds. The lowest BCUT2D eigenvalue weighted by Gasteiger charge is -2.11. The van der Waals surface area contributed by atoms with E-state index >= 15 is 0 Å². The summed E-state index contributed by atoms with van der Waals surface area (Å²) < 4.78 is 126. The van der Waals surface area contributed by atoms with Gasteiger partial charge in [0.1, 0.15) is 27.0 Å². The minimum atomic E-state index is -4.78. The molecule has 6 rings (SSSR count).